The van der Waals surface area contributed by atoms with Gasteiger partial charge in [-0.1, -0.05) is 71.0 Å². The summed E-state index contributed by atoms with van der Waals surface area (Å²) in [5.41, 5.74) is 3.71. The molecule has 1 N–H and O–H groups in total. The zero-order chi connectivity index (χ0) is 25.0. The molecule has 5 heteroatoms. The highest BCUT2D eigenvalue weighted by molar-refractivity contribution is 7.86. The van der Waals surface area contributed by atoms with Gasteiger partial charge in [-0.25, -0.2) is 0 Å². The zero-order valence-corrected chi connectivity index (χ0v) is 22.4. The van der Waals surface area contributed by atoms with E-state index in [4.69, 9.17) is 4.18 Å². The van der Waals surface area contributed by atoms with Gasteiger partial charge in [0.2, 0.25) is 0 Å². The molecular weight excluding hydrogens is 432 g/mol. The summed E-state index contributed by atoms with van der Waals surface area (Å²) >= 11 is 0. The molecule has 4 nitrogen and oxygen atoms in total. The molecule has 0 saturated heterocycles. The first-order valence-electron chi connectivity index (χ1n) is 12.1. The molecule has 0 fully saturated rings. The van der Waals surface area contributed by atoms with Gasteiger partial charge in [-0.05, 0) is 79.7 Å². The largest absolute Gasteiger partial charge is 0.390 e. The number of hydrogen-bond acceptors (Lipinski definition) is 4. The van der Waals surface area contributed by atoms with Crippen LogP contribution >= 0.6 is 0 Å². The number of aryl methyl sites for hydroxylation is 1. The maximum atomic E-state index is 11.6. The fourth-order valence-electron chi connectivity index (χ4n) is 4.88. The average Bonchev–Trinajstić information content (AvgIpc) is 2.76. The van der Waals surface area contributed by atoms with Crippen LogP contribution in [0.2, 0.25) is 0 Å². The van der Waals surface area contributed by atoms with Crippen molar-refractivity contribution in [1.82, 2.24) is 0 Å². The Morgan fingerprint density at radius 3 is 1.94 bits per heavy atom. The monoisotopic (exact) mass is 474 g/mol. The molecule has 0 radical (unpaired) electrons. The second-order valence-electron chi connectivity index (χ2n) is 9.93. The van der Waals surface area contributed by atoms with Crippen molar-refractivity contribution in [2.24, 2.45) is 11.8 Å². The van der Waals surface area contributed by atoms with E-state index in [2.05, 4.69) is 58.0 Å². The molecule has 0 aliphatic heterocycles. The van der Waals surface area contributed by atoms with Gasteiger partial charge in [-0.3, -0.25) is 0 Å². The van der Waals surface area contributed by atoms with Crippen LogP contribution in [-0.2, 0) is 22.0 Å². The lowest BCUT2D eigenvalue weighted by Gasteiger charge is -2.35. The third-order valence-electron chi connectivity index (χ3n) is 7.79. The van der Waals surface area contributed by atoms with Crippen molar-refractivity contribution in [2.45, 2.75) is 85.2 Å². The first kappa shape index (κ1) is 27.4. The molecule has 2 aromatic rings. The van der Waals surface area contributed by atoms with E-state index in [1.165, 1.54) is 16.7 Å². The Bertz CT molecular complexity index is 1020. The van der Waals surface area contributed by atoms with Crippen molar-refractivity contribution in [3.05, 3.63) is 64.7 Å². The molecule has 0 heterocycles. The van der Waals surface area contributed by atoms with Crippen LogP contribution in [0.15, 0.2) is 42.5 Å². The van der Waals surface area contributed by atoms with Gasteiger partial charge in [0.25, 0.3) is 0 Å². The van der Waals surface area contributed by atoms with Gasteiger partial charge in [0.05, 0.1) is 11.9 Å². The van der Waals surface area contributed by atoms with Crippen LogP contribution in [-0.4, -0.2) is 25.4 Å². The average molecular weight is 475 g/mol. The normalized spacial score (nSPS) is 16.2. The number of hydrogen-bond donors (Lipinski definition) is 1. The molecule has 0 saturated carbocycles. The lowest BCUT2D eigenvalue weighted by atomic mass is 9.70. The van der Waals surface area contributed by atoms with Gasteiger partial charge in [0, 0.05) is 5.41 Å². The van der Waals surface area contributed by atoms with E-state index < -0.39 is 15.7 Å². The third-order valence-corrected chi connectivity index (χ3v) is 8.27. The summed E-state index contributed by atoms with van der Waals surface area (Å²) in [5, 5.41) is 10.6. The second-order valence-corrected chi connectivity index (χ2v) is 11.5. The number of benzene rings is 2. The standard InChI is InChI=1S/C28H42O4S/c1-9-27(7,29)22(6)20(4)18-23-12-14-24(15-13-23)28(10-2,11-3)25-16-17-26(21(5)19-25)32-33(8,30)31/h12-17,19-20,22,29H,9-11,18H2,1-8H3. The van der Waals surface area contributed by atoms with Crippen molar-refractivity contribution in [3.63, 3.8) is 0 Å². The quantitative estimate of drug-likeness (QED) is 0.382. The molecule has 0 aliphatic carbocycles. The van der Waals surface area contributed by atoms with Crippen LogP contribution in [0.1, 0.15) is 83.1 Å². The summed E-state index contributed by atoms with van der Waals surface area (Å²) in [5.74, 6) is 0.963. The predicted octanol–water partition coefficient (Wildman–Crippen LogP) is 6.42. The van der Waals surface area contributed by atoms with E-state index in [1.54, 1.807) is 6.07 Å². The molecule has 3 atom stereocenters. The maximum Gasteiger partial charge on any atom is 0.306 e. The lowest BCUT2D eigenvalue weighted by molar-refractivity contribution is -0.0185. The minimum Gasteiger partial charge on any atom is -0.390 e. The van der Waals surface area contributed by atoms with Crippen molar-refractivity contribution >= 4 is 10.1 Å². The molecule has 33 heavy (non-hydrogen) atoms. The smallest absolute Gasteiger partial charge is 0.306 e. The lowest BCUT2D eigenvalue weighted by Crippen LogP contribution is -2.36. The Morgan fingerprint density at radius 1 is 0.939 bits per heavy atom. The molecule has 0 bridgehead atoms. The second kappa shape index (κ2) is 10.6. The summed E-state index contributed by atoms with van der Waals surface area (Å²) in [6.07, 6.45) is 4.61. The third kappa shape index (κ3) is 6.39. The molecule has 0 aliphatic rings. The summed E-state index contributed by atoms with van der Waals surface area (Å²) < 4.78 is 28.2. The van der Waals surface area contributed by atoms with Crippen molar-refractivity contribution in [2.75, 3.05) is 6.26 Å². The molecule has 0 spiro atoms. The van der Waals surface area contributed by atoms with Crippen molar-refractivity contribution < 1.29 is 17.7 Å². The molecular formula is C28H42O4S. The van der Waals surface area contributed by atoms with Crippen molar-refractivity contribution in [3.8, 4) is 5.75 Å². The first-order chi connectivity index (χ1) is 15.3. The van der Waals surface area contributed by atoms with E-state index in [1.807, 2.05) is 26.8 Å². The van der Waals surface area contributed by atoms with Gasteiger partial charge in [0.15, 0.2) is 0 Å². The summed E-state index contributed by atoms with van der Waals surface area (Å²) in [4.78, 5) is 0. The highest BCUT2D eigenvalue weighted by atomic mass is 32.2. The molecule has 2 aromatic carbocycles. The van der Waals surface area contributed by atoms with Gasteiger partial charge in [0.1, 0.15) is 5.75 Å². The SMILES string of the molecule is CCC(CC)(c1ccc(CC(C)C(C)C(C)(O)CC)cc1)c1ccc(OS(C)(=O)=O)c(C)c1. The molecule has 0 amide bonds. The van der Waals surface area contributed by atoms with Gasteiger partial charge in [-0.2, -0.15) is 8.42 Å². The summed E-state index contributed by atoms with van der Waals surface area (Å²) in [7, 11) is -3.56. The van der Waals surface area contributed by atoms with Crippen LogP contribution in [0.4, 0.5) is 0 Å². The Kier molecular flexibility index (Phi) is 8.80. The van der Waals surface area contributed by atoms with Crippen LogP contribution in [0, 0.1) is 18.8 Å². The fraction of sp³-hybridized carbons (Fsp3) is 0.571. The fourth-order valence-corrected chi connectivity index (χ4v) is 5.39. The molecule has 2 rings (SSSR count). The highest BCUT2D eigenvalue weighted by Gasteiger charge is 2.32. The van der Waals surface area contributed by atoms with Gasteiger partial charge in [-0.15, -0.1) is 0 Å². The Balaban J connectivity index is 2.33. The van der Waals surface area contributed by atoms with E-state index in [0.29, 0.717) is 11.7 Å². The van der Waals surface area contributed by atoms with Gasteiger partial charge >= 0.3 is 10.1 Å². The Morgan fingerprint density at radius 2 is 1.48 bits per heavy atom. The number of rotatable bonds is 11. The predicted molar refractivity (Wildman–Crippen MR) is 137 cm³/mol. The van der Waals surface area contributed by atoms with Crippen LogP contribution in [0.3, 0.4) is 0 Å². The van der Waals surface area contributed by atoms with Crippen LogP contribution in [0.5, 0.6) is 5.75 Å². The van der Waals surface area contributed by atoms with Crippen LogP contribution in [0.25, 0.3) is 0 Å². The Hall–Kier alpha value is -1.85. The van der Waals surface area contributed by atoms with E-state index in [-0.39, 0.29) is 11.3 Å². The van der Waals surface area contributed by atoms with Crippen molar-refractivity contribution in [1.29, 1.82) is 0 Å². The minimum atomic E-state index is -3.56. The molecule has 0 aromatic heterocycles. The van der Waals surface area contributed by atoms with Gasteiger partial charge < -0.3 is 9.29 Å². The molecule has 3 unspecified atom stereocenters. The summed E-state index contributed by atoms with van der Waals surface area (Å²) in [6.45, 7) is 14.6. The zero-order valence-electron chi connectivity index (χ0n) is 21.6. The van der Waals surface area contributed by atoms with E-state index in [0.717, 1.165) is 37.5 Å². The van der Waals surface area contributed by atoms with E-state index in [9.17, 15) is 13.5 Å². The van der Waals surface area contributed by atoms with E-state index >= 15 is 0 Å². The highest BCUT2D eigenvalue weighted by Crippen LogP contribution is 2.40. The number of aliphatic hydroxyl groups is 1. The van der Waals surface area contributed by atoms with Crippen LogP contribution < -0.4 is 4.18 Å². The maximum absolute atomic E-state index is 11.6. The Labute approximate surface area is 201 Å². The summed E-state index contributed by atoms with van der Waals surface area (Å²) in [6, 6.07) is 14.7. The minimum absolute atomic E-state index is 0.155. The molecule has 184 valence electrons. The first-order valence-corrected chi connectivity index (χ1v) is 13.9. The topological polar surface area (TPSA) is 63.6 Å².